The van der Waals surface area contributed by atoms with Crippen LogP contribution in [0.4, 0.5) is 0 Å². The average molecular weight is 228 g/mol. The van der Waals surface area contributed by atoms with Crippen LogP contribution in [-0.2, 0) is 19.5 Å². The van der Waals surface area contributed by atoms with Gasteiger partial charge < -0.3 is 15.0 Å². The third-order valence-electron chi connectivity index (χ3n) is 3.18. The Morgan fingerprint density at radius 1 is 1.29 bits per heavy atom. The van der Waals surface area contributed by atoms with E-state index in [0.717, 1.165) is 18.7 Å². The van der Waals surface area contributed by atoms with Crippen molar-refractivity contribution in [1.29, 1.82) is 0 Å². The molecule has 17 heavy (non-hydrogen) atoms. The molecule has 1 aromatic carbocycles. The number of para-hydroxylation sites is 1. The molecule has 3 heteroatoms. The van der Waals surface area contributed by atoms with E-state index in [1.54, 1.807) is 0 Å². The van der Waals surface area contributed by atoms with Gasteiger partial charge in [-0.15, -0.1) is 0 Å². The van der Waals surface area contributed by atoms with Crippen LogP contribution in [0.1, 0.15) is 11.1 Å². The molecule has 2 heterocycles. The van der Waals surface area contributed by atoms with Crippen molar-refractivity contribution >= 4 is 0 Å². The van der Waals surface area contributed by atoms with E-state index in [1.807, 2.05) is 12.1 Å². The Morgan fingerprint density at radius 2 is 2.18 bits per heavy atom. The van der Waals surface area contributed by atoms with Gasteiger partial charge in [-0.25, -0.2) is 0 Å². The van der Waals surface area contributed by atoms with E-state index >= 15 is 0 Å². The maximum Gasteiger partial charge on any atom is 0.123 e. The number of benzene rings is 1. The van der Waals surface area contributed by atoms with Gasteiger partial charge in [-0.2, -0.15) is 0 Å². The molecule has 88 valence electrons. The van der Waals surface area contributed by atoms with Crippen LogP contribution in [-0.4, -0.2) is 10.7 Å². The third-order valence-corrected chi connectivity index (χ3v) is 3.18. The summed E-state index contributed by atoms with van der Waals surface area (Å²) in [4.78, 5) is 0. The number of ether oxygens (including phenoxy) is 1. The van der Waals surface area contributed by atoms with Crippen molar-refractivity contribution in [3.63, 3.8) is 0 Å². The van der Waals surface area contributed by atoms with Crippen molar-refractivity contribution in [3.8, 4) is 5.75 Å². The Labute approximate surface area is 101 Å². The normalized spacial score (nSPS) is 17.8. The molecule has 2 aromatic rings. The smallest absolute Gasteiger partial charge is 0.123 e. The first-order chi connectivity index (χ1) is 8.35. The zero-order chi connectivity index (χ0) is 11.7. The molecule has 0 amide bonds. The highest BCUT2D eigenvalue weighted by Gasteiger charge is 2.22. The molecule has 0 fully saturated rings. The molecule has 1 aliphatic heterocycles. The van der Waals surface area contributed by atoms with Gasteiger partial charge in [0.15, 0.2) is 0 Å². The second-order valence-corrected chi connectivity index (χ2v) is 4.47. The lowest BCUT2D eigenvalue weighted by Crippen LogP contribution is -2.19. The Kier molecular flexibility index (Phi) is 2.61. The summed E-state index contributed by atoms with van der Waals surface area (Å²) in [6, 6.07) is 10.3. The first-order valence-electron chi connectivity index (χ1n) is 5.94. The van der Waals surface area contributed by atoms with Crippen LogP contribution in [0.25, 0.3) is 0 Å². The molecular formula is C14H16N2O. The van der Waals surface area contributed by atoms with E-state index in [2.05, 4.69) is 35.2 Å². The van der Waals surface area contributed by atoms with Crippen LogP contribution in [0.5, 0.6) is 5.75 Å². The molecule has 0 bridgehead atoms. The molecule has 0 aliphatic carbocycles. The van der Waals surface area contributed by atoms with Gasteiger partial charge >= 0.3 is 0 Å². The first kappa shape index (κ1) is 10.4. The number of rotatable bonds is 3. The van der Waals surface area contributed by atoms with Crippen LogP contribution < -0.4 is 10.5 Å². The summed E-state index contributed by atoms with van der Waals surface area (Å²) in [7, 11) is 0. The van der Waals surface area contributed by atoms with Crippen LogP contribution in [0.3, 0.4) is 0 Å². The van der Waals surface area contributed by atoms with Gasteiger partial charge in [-0.05, 0) is 23.3 Å². The van der Waals surface area contributed by atoms with Crippen LogP contribution >= 0.6 is 0 Å². The molecular weight excluding hydrogens is 212 g/mol. The zero-order valence-electron chi connectivity index (χ0n) is 9.67. The fourth-order valence-corrected chi connectivity index (χ4v) is 2.32. The highest BCUT2D eigenvalue weighted by Crippen LogP contribution is 2.28. The standard InChI is InChI=1S/C14H16N2O/c15-8-11-5-6-16(9-11)10-13-7-12-3-1-2-4-14(12)17-13/h1-6,9,13H,7-8,10,15H2. The van der Waals surface area contributed by atoms with Gasteiger partial charge in [-0.3, -0.25) is 0 Å². The van der Waals surface area contributed by atoms with Crippen LogP contribution in [0, 0.1) is 0 Å². The summed E-state index contributed by atoms with van der Waals surface area (Å²) < 4.78 is 8.05. The van der Waals surface area contributed by atoms with E-state index in [9.17, 15) is 0 Å². The summed E-state index contributed by atoms with van der Waals surface area (Å²) in [6.45, 7) is 1.48. The van der Waals surface area contributed by atoms with E-state index in [0.29, 0.717) is 6.54 Å². The van der Waals surface area contributed by atoms with Gasteiger partial charge in [0.25, 0.3) is 0 Å². The maximum absolute atomic E-state index is 5.90. The maximum atomic E-state index is 5.90. The highest BCUT2D eigenvalue weighted by molar-refractivity contribution is 5.37. The third kappa shape index (κ3) is 2.06. The highest BCUT2D eigenvalue weighted by atomic mass is 16.5. The van der Waals surface area contributed by atoms with Gasteiger partial charge in [0.05, 0.1) is 6.54 Å². The monoisotopic (exact) mass is 228 g/mol. The SMILES string of the molecule is NCc1ccn(CC2Cc3ccccc3O2)c1. The molecule has 1 unspecified atom stereocenters. The summed E-state index contributed by atoms with van der Waals surface area (Å²) >= 11 is 0. The predicted molar refractivity (Wildman–Crippen MR) is 66.9 cm³/mol. The molecule has 1 aliphatic rings. The van der Waals surface area contributed by atoms with Crippen molar-refractivity contribution in [2.45, 2.75) is 25.6 Å². The summed E-state index contributed by atoms with van der Waals surface area (Å²) in [5.41, 5.74) is 8.07. The fourth-order valence-electron chi connectivity index (χ4n) is 2.32. The molecule has 0 saturated carbocycles. The number of nitrogens with two attached hydrogens (primary N) is 1. The molecule has 0 radical (unpaired) electrons. The van der Waals surface area contributed by atoms with E-state index < -0.39 is 0 Å². The zero-order valence-corrected chi connectivity index (χ0v) is 9.67. The van der Waals surface area contributed by atoms with Crippen molar-refractivity contribution in [3.05, 3.63) is 53.9 Å². The summed E-state index contributed by atoms with van der Waals surface area (Å²) in [5, 5.41) is 0. The summed E-state index contributed by atoms with van der Waals surface area (Å²) in [6.07, 6.45) is 5.39. The largest absolute Gasteiger partial charge is 0.488 e. The van der Waals surface area contributed by atoms with Gasteiger partial charge in [-0.1, -0.05) is 18.2 Å². The van der Waals surface area contributed by atoms with Gasteiger partial charge in [0, 0.05) is 25.4 Å². The minimum atomic E-state index is 0.241. The number of hydrogen-bond donors (Lipinski definition) is 1. The lowest BCUT2D eigenvalue weighted by atomic mass is 10.1. The van der Waals surface area contributed by atoms with Gasteiger partial charge in [0.2, 0.25) is 0 Å². The molecule has 0 spiro atoms. The molecule has 0 saturated heterocycles. The Hall–Kier alpha value is -1.74. The first-order valence-corrected chi connectivity index (χ1v) is 5.94. The Morgan fingerprint density at radius 3 is 2.94 bits per heavy atom. The Balaban J connectivity index is 1.69. The molecule has 3 rings (SSSR count). The predicted octanol–water partition coefficient (Wildman–Crippen LogP) is 1.95. The van der Waals surface area contributed by atoms with E-state index in [1.165, 1.54) is 11.1 Å². The van der Waals surface area contributed by atoms with Gasteiger partial charge in [0.1, 0.15) is 11.9 Å². The van der Waals surface area contributed by atoms with E-state index in [4.69, 9.17) is 10.5 Å². The quantitative estimate of drug-likeness (QED) is 0.872. The Bertz CT molecular complexity index is 493. The average Bonchev–Trinajstić information content (AvgIpc) is 2.94. The van der Waals surface area contributed by atoms with Crippen molar-refractivity contribution in [2.24, 2.45) is 5.73 Å². The molecule has 1 atom stereocenters. The van der Waals surface area contributed by atoms with Crippen molar-refractivity contribution in [1.82, 2.24) is 4.57 Å². The van der Waals surface area contributed by atoms with Crippen LogP contribution in [0.15, 0.2) is 42.7 Å². The second-order valence-electron chi connectivity index (χ2n) is 4.47. The second kappa shape index (κ2) is 4.26. The lowest BCUT2D eigenvalue weighted by molar-refractivity contribution is 0.209. The summed E-state index contributed by atoms with van der Waals surface area (Å²) in [5.74, 6) is 1.03. The number of hydrogen-bond acceptors (Lipinski definition) is 2. The topological polar surface area (TPSA) is 40.2 Å². The fraction of sp³-hybridized carbons (Fsp3) is 0.286. The van der Waals surface area contributed by atoms with E-state index in [-0.39, 0.29) is 6.10 Å². The number of nitrogens with zero attached hydrogens (tertiary/aromatic N) is 1. The number of aromatic nitrogens is 1. The molecule has 2 N–H and O–H groups in total. The lowest BCUT2D eigenvalue weighted by Gasteiger charge is -2.11. The van der Waals surface area contributed by atoms with Crippen LogP contribution in [0.2, 0.25) is 0 Å². The molecule has 3 nitrogen and oxygen atoms in total. The van der Waals surface area contributed by atoms with Crippen molar-refractivity contribution < 1.29 is 4.74 Å². The number of fused-ring (bicyclic) bond motifs is 1. The van der Waals surface area contributed by atoms with Crippen molar-refractivity contribution in [2.75, 3.05) is 0 Å². The molecule has 1 aromatic heterocycles. The minimum Gasteiger partial charge on any atom is -0.488 e. The minimum absolute atomic E-state index is 0.241.